The van der Waals surface area contributed by atoms with Crippen LogP contribution in [-0.2, 0) is 4.74 Å². The molecule has 3 heteroatoms. The number of nitrogens with zero attached hydrogens (tertiary/aromatic N) is 1. The van der Waals surface area contributed by atoms with E-state index in [0.29, 0.717) is 13.2 Å². The summed E-state index contributed by atoms with van der Waals surface area (Å²) in [6, 6.07) is 7.89. The first-order valence-corrected chi connectivity index (χ1v) is 6.08. The molecule has 3 nitrogen and oxygen atoms in total. The zero-order valence-corrected chi connectivity index (χ0v) is 10.6. The van der Waals surface area contributed by atoms with Gasteiger partial charge in [-0.3, -0.25) is 4.79 Å². The summed E-state index contributed by atoms with van der Waals surface area (Å²) in [5.41, 5.74) is 1.83. The van der Waals surface area contributed by atoms with Crippen LogP contribution in [0.5, 0.6) is 0 Å². The largest absolute Gasteiger partial charge is 0.375 e. The second-order valence-corrected chi connectivity index (χ2v) is 4.77. The van der Waals surface area contributed by atoms with Crippen molar-refractivity contribution < 1.29 is 9.53 Å². The van der Waals surface area contributed by atoms with E-state index in [0.717, 1.165) is 11.1 Å². The van der Waals surface area contributed by atoms with E-state index in [1.54, 1.807) is 0 Å². The molecule has 1 aromatic carbocycles. The normalized spacial score (nSPS) is 24.8. The van der Waals surface area contributed by atoms with Gasteiger partial charge in [-0.25, -0.2) is 0 Å². The number of aryl methyl sites for hydroxylation is 1. The zero-order chi connectivity index (χ0) is 12.4. The van der Waals surface area contributed by atoms with Gasteiger partial charge in [0.05, 0.1) is 18.8 Å². The smallest absolute Gasteiger partial charge is 0.254 e. The Morgan fingerprint density at radius 1 is 1.35 bits per heavy atom. The summed E-state index contributed by atoms with van der Waals surface area (Å²) < 4.78 is 5.54. The van der Waals surface area contributed by atoms with Crippen LogP contribution in [0.1, 0.15) is 29.8 Å². The number of carbonyl (C=O) groups excluding carboxylic acids is 1. The molecule has 0 bridgehead atoms. The minimum absolute atomic E-state index is 0.116. The minimum Gasteiger partial charge on any atom is -0.375 e. The summed E-state index contributed by atoms with van der Waals surface area (Å²) in [6.45, 7) is 7.31. The van der Waals surface area contributed by atoms with Gasteiger partial charge in [-0.05, 0) is 32.4 Å². The van der Waals surface area contributed by atoms with Crippen molar-refractivity contribution in [3.63, 3.8) is 0 Å². The molecule has 0 unspecified atom stereocenters. The van der Waals surface area contributed by atoms with Crippen LogP contribution in [0.3, 0.4) is 0 Å². The van der Waals surface area contributed by atoms with E-state index >= 15 is 0 Å². The maximum Gasteiger partial charge on any atom is 0.254 e. The molecule has 0 aliphatic carbocycles. The molecule has 1 aromatic rings. The average Bonchev–Trinajstić information content (AvgIpc) is 2.32. The maximum absolute atomic E-state index is 12.4. The predicted octanol–water partition coefficient (Wildman–Crippen LogP) is 2.24. The lowest BCUT2D eigenvalue weighted by Crippen LogP contribution is -2.50. The zero-order valence-electron chi connectivity index (χ0n) is 10.6. The first kappa shape index (κ1) is 12.1. The van der Waals surface area contributed by atoms with Crippen LogP contribution in [0.15, 0.2) is 24.3 Å². The Balaban J connectivity index is 2.22. The van der Waals surface area contributed by atoms with Crippen molar-refractivity contribution in [3.05, 3.63) is 35.4 Å². The number of hydrogen-bond donors (Lipinski definition) is 0. The van der Waals surface area contributed by atoms with E-state index < -0.39 is 0 Å². The summed E-state index contributed by atoms with van der Waals surface area (Å²) >= 11 is 0. The van der Waals surface area contributed by atoms with Gasteiger partial charge in [-0.1, -0.05) is 18.2 Å². The van der Waals surface area contributed by atoms with Gasteiger partial charge < -0.3 is 9.64 Å². The highest BCUT2D eigenvalue weighted by molar-refractivity contribution is 5.95. The molecule has 92 valence electrons. The lowest BCUT2D eigenvalue weighted by Gasteiger charge is -2.37. The number of carbonyl (C=O) groups is 1. The van der Waals surface area contributed by atoms with Gasteiger partial charge in [0.2, 0.25) is 0 Å². The molecule has 1 aliphatic heterocycles. The molecule has 17 heavy (non-hydrogen) atoms. The van der Waals surface area contributed by atoms with Crippen LogP contribution in [-0.4, -0.2) is 36.1 Å². The van der Waals surface area contributed by atoms with Crippen molar-refractivity contribution in [2.45, 2.75) is 32.9 Å². The molecule has 1 heterocycles. The number of ether oxygens (including phenoxy) is 1. The predicted molar refractivity (Wildman–Crippen MR) is 67.1 cm³/mol. The molecule has 0 N–H and O–H groups in total. The number of rotatable bonds is 1. The number of hydrogen-bond acceptors (Lipinski definition) is 2. The monoisotopic (exact) mass is 233 g/mol. The second-order valence-electron chi connectivity index (χ2n) is 4.77. The lowest BCUT2D eigenvalue weighted by molar-refractivity contribution is -0.0387. The molecule has 0 aromatic heterocycles. The Morgan fingerprint density at radius 2 is 2.06 bits per heavy atom. The quantitative estimate of drug-likeness (QED) is 0.744. The first-order valence-electron chi connectivity index (χ1n) is 6.08. The van der Waals surface area contributed by atoms with Crippen LogP contribution in [0.25, 0.3) is 0 Å². The third kappa shape index (κ3) is 2.50. The van der Waals surface area contributed by atoms with Gasteiger partial charge in [0, 0.05) is 12.1 Å². The molecule has 1 amide bonds. The van der Waals surface area contributed by atoms with E-state index in [9.17, 15) is 4.79 Å². The molecule has 1 saturated heterocycles. The Labute approximate surface area is 102 Å². The van der Waals surface area contributed by atoms with Gasteiger partial charge >= 0.3 is 0 Å². The number of amides is 1. The van der Waals surface area contributed by atoms with E-state index in [1.165, 1.54) is 0 Å². The molecule has 2 atom stereocenters. The fraction of sp³-hybridized carbons (Fsp3) is 0.500. The van der Waals surface area contributed by atoms with Crippen molar-refractivity contribution in [1.82, 2.24) is 4.90 Å². The van der Waals surface area contributed by atoms with Gasteiger partial charge in [-0.15, -0.1) is 0 Å². The fourth-order valence-electron chi connectivity index (χ4n) is 2.15. The third-order valence-corrected chi connectivity index (χ3v) is 3.24. The average molecular weight is 233 g/mol. The molecular weight excluding hydrogens is 214 g/mol. The molecule has 1 aliphatic rings. The molecular formula is C14H19NO2. The van der Waals surface area contributed by atoms with E-state index in [4.69, 9.17) is 4.74 Å². The van der Waals surface area contributed by atoms with Gasteiger partial charge in [0.15, 0.2) is 0 Å². The van der Waals surface area contributed by atoms with Crippen LogP contribution in [0, 0.1) is 6.92 Å². The minimum atomic E-state index is 0.116. The van der Waals surface area contributed by atoms with Crippen molar-refractivity contribution in [2.75, 3.05) is 13.2 Å². The van der Waals surface area contributed by atoms with Gasteiger partial charge in [0.1, 0.15) is 0 Å². The van der Waals surface area contributed by atoms with Crippen molar-refractivity contribution in [2.24, 2.45) is 0 Å². The van der Waals surface area contributed by atoms with Crippen LogP contribution in [0.4, 0.5) is 0 Å². The van der Waals surface area contributed by atoms with E-state index in [-0.39, 0.29) is 18.1 Å². The standard InChI is InChI=1S/C14H19NO2/c1-10-6-4-5-7-13(10)14(16)15-8-12(3)17-9-11(15)2/h4-7,11-12H,8-9H2,1-3H3/t11-,12-/m1/s1. The molecule has 2 rings (SSSR count). The first-order chi connectivity index (χ1) is 8.09. The Hall–Kier alpha value is -1.35. The topological polar surface area (TPSA) is 29.5 Å². The highest BCUT2D eigenvalue weighted by Gasteiger charge is 2.28. The van der Waals surface area contributed by atoms with Crippen molar-refractivity contribution in [1.29, 1.82) is 0 Å². The summed E-state index contributed by atoms with van der Waals surface area (Å²) in [5.74, 6) is 0.116. The van der Waals surface area contributed by atoms with E-state index in [2.05, 4.69) is 0 Å². The maximum atomic E-state index is 12.4. The van der Waals surface area contributed by atoms with Crippen LogP contribution < -0.4 is 0 Å². The summed E-state index contributed by atoms with van der Waals surface area (Å²) in [4.78, 5) is 14.4. The second kappa shape index (κ2) is 4.88. The summed E-state index contributed by atoms with van der Waals surface area (Å²) in [6.07, 6.45) is 0.124. The summed E-state index contributed by atoms with van der Waals surface area (Å²) in [5, 5.41) is 0. The highest BCUT2D eigenvalue weighted by atomic mass is 16.5. The number of benzene rings is 1. The Kier molecular flexibility index (Phi) is 3.48. The lowest BCUT2D eigenvalue weighted by atomic mass is 10.1. The fourth-order valence-corrected chi connectivity index (χ4v) is 2.15. The van der Waals surface area contributed by atoms with Crippen molar-refractivity contribution in [3.8, 4) is 0 Å². The van der Waals surface area contributed by atoms with Gasteiger partial charge in [0.25, 0.3) is 5.91 Å². The van der Waals surface area contributed by atoms with Crippen LogP contribution in [0.2, 0.25) is 0 Å². The molecule has 1 fully saturated rings. The molecule has 0 radical (unpaired) electrons. The van der Waals surface area contributed by atoms with Crippen LogP contribution >= 0.6 is 0 Å². The number of morpholine rings is 1. The SMILES string of the molecule is Cc1ccccc1C(=O)N1C[C@@H](C)OC[C@H]1C. The highest BCUT2D eigenvalue weighted by Crippen LogP contribution is 2.17. The third-order valence-electron chi connectivity index (χ3n) is 3.24. The summed E-state index contributed by atoms with van der Waals surface area (Å²) in [7, 11) is 0. The van der Waals surface area contributed by atoms with Crippen molar-refractivity contribution >= 4 is 5.91 Å². The van der Waals surface area contributed by atoms with E-state index in [1.807, 2.05) is 49.9 Å². The Morgan fingerprint density at radius 3 is 2.76 bits per heavy atom. The molecule has 0 saturated carbocycles. The Bertz CT molecular complexity index is 416. The molecule has 0 spiro atoms. The van der Waals surface area contributed by atoms with Gasteiger partial charge in [-0.2, -0.15) is 0 Å².